The molecular formula is C23H41NO5. The minimum absolute atomic E-state index is 0.0378. The summed E-state index contributed by atoms with van der Waals surface area (Å²) in [6.45, 7) is 5.79. The van der Waals surface area contributed by atoms with E-state index in [4.69, 9.17) is 9.84 Å². The Kier molecular flexibility index (Phi) is 18.2. The van der Waals surface area contributed by atoms with Crippen molar-refractivity contribution in [2.75, 3.05) is 13.2 Å². The first kappa shape index (κ1) is 27.1. The summed E-state index contributed by atoms with van der Waals surface area (Å²) in [5.41, 5.74) is -0.207. The van der Waals surface area contributed by atoms with Crippen LogP contribution in [0.1, 0.15) is 103 Å². The van der Waals surface area contributed by atoms with E-state index in [1.165, 1.54) is 70.6 Å². The third kappa shape index (κ3) is 19.2. The van der Waals surface area contributed by atoms with Crippen LogP contribution in [0.2, 0.25) is 0 Å². The molecule has 0 aromatic heterocycles. The molecule has 0 fully saturated rings. The number of hydrogen-bond donors (Lipinski definition) is 2. The minimum Gasteiger partial charge on any atom is -0.478 e. The first-order chi connectivity index (χ1) is 14.0. The fraction of sp³-hybridized carbons (Fsp3) is 0.783. The Morgan fingerprint density at radius 2 is 1.31 bits per heavy atom. The van der Waals surface area contributed by atoms with Gasteiger partial charge in [0.15, 0.2) is 0 Å². The molecule has 0 aliphatic heterocycles. The molecule has 29 heavy (non-hydrogen) atoms. The maximum Gasteiger partial charge on any atom is 0.331 e. The molecule has 0 saturated heterocycles. The molecule has 0 aromatic rings. The van der Waals surface area contributed by atoms with Crippen molar-refractivity contribution >= 4 is 17.8 Å². The van der Waals surface area contributed by atoms with Gasteiger partial charge < -0.3 is 15.2 Å². The first-order valence-electron chi connectivity index (χ1n) is 11.3. The van der Waals surface area contributed by atoms with Gasteiger partial charge in [-0.1, -0.05) is 90.6 Å². The van der Waals surface area contributed by atoms with Crippen molar-refractivity contribution in [1.82, 2.24) is 5.32 Å². The Morgan fingerprint density at radius 1 is 0.828 bits per heavy atom. The third-order valence-electron chi connectivity index (χ3n) is 4.85. The Labute approximate surface area is 176 Å². The maximum absolute atomic E-state index is 11.7. The molecule has 2 N–H and O–H groups in total. The van der Waals surface area contributed by atoms with Crippen molar-refractivity contribution in [3.8, 4) is 0 Å². The highest BCUT2D eigenvalue weighted by molar-refractivity contribution is 5.91. The molecule has 0 unspecified atom stereocenters. The van der Waals surface area contributed by atoms with Crippen LogP contribution in [0.5, 0.6) is 0 Å². The van der Waals surface area contributed by atoms with E-state index in [1.54, 1.807) is 0 Å². The number of carboxylic acid groups (broad SMARTS) is 1. The molecule has 0 aliphatic rings. The van der Waals surface area contributed by atoms with E-state index in [9.17, 15) is 14.4 Å². The Morgan fingerprint density at radius 3 is 1.79 bits per heavy atom. The van der Waals surface area contributed by atoms with Crippen LogP contribution in [0, 0.1) is 0 Å². The molecule has 6 heteroatoms. The quantitative estimate of drug-likeness (QED) is 0.164. The van der Waals surface area contributed by atoms with Gasteiger partial charge in [-0.3, -0.25) is 9.59 Å². The molecule has 0 aromatic carbocycles. The van der Waals surface area contributed by atoms with E-state index in [-0.39, 0.29) is 31.1 Å². The molecule has 0 saturated carbocycles. The number of carbonyl (C=O) groups is 3. The smallest absolute Gasteiger partial charge is 0.331 e. The van der Waals surface area contributed by atoms with Crippen molar-refractivity contribution in [2.24, 2.45) is 0 Å². The van der Waals surface area contributed by atoms with Crippen LogP contribution in [-0.4, -0.2) is 36.1 Å². The lowest BCUT2D eigenvalue weighted by atomic mass is 10.0. The van der Waals surface area contributed by atoms with Gasteiger partial charge in [0, 0.05) is 12.0 Å². The fourth-order valence-corrected chi connectivity index (χ4v) is 3.05. The highest BCUT2D eigenvalue weighted by atomic mass is 16.5. The predicted octanol–water partition coefficient (Wildman–Crippen LogP) is 5.16. The van der Waals surface area contributed by atoms with Crippen molar-refractivity contribution in [3.05, 3.63) is 12.2 Å². The largest absolute Gasteiger partial charge is 0.478 e. The molecule has 0 aliphatic carbocycles. The minimum atomic E-state index is -1.21. The van der Waals surface area contributed by atoms with E-state index in [0.717, 1.165) is 12.8 Å². The lowest BCUT2D eigenvalue weighted by molar-refractivity contribution is -0.144. The van der Waals surface area contributed by atoms with Gasteiger partial charge >= 0.3 is 11.9 Å². The summed E-state index contributed by atoms with van der Waals surface area (Å²) in [5.74, 6) is -1.91. The van der Waals surface area contributed by atoms with Crippen LogP contribution < -0.4 is 5.32 Å². The number of ether oxygens (including phenoxy) is 1. The van der Waals surface area contributed by atoms with E-state index < -0.39 is 11.9 Å². The second kappa shape index (κ2) is 19.5. The number of carboxylic acids is 1. The average Bonchev–Trinajstić information content (AvgIpc) is 2.68. The van der Waals surface area contributed by atoms with Crippen molar-refractivity contribution in [1.29, 1.82) is 0 Å². The zero-order chi connectivity index (χ0) is 21.7. The second-order valence-corrected chi connectivity index (χ2v) is 7.65. The summed E-state index contributed by atoms with van der Waals surface area (Å²) in [6, 6.07) is 0. The van der Waals surface area contributed by atoms with Crippen LogP contribution in [0.3, 0.4) is 0 Å². The number of unbranched alkanes of at least 4 members (excludes halogenated alkanes) is 12. The summed E-state index contributed by atoms with van der Waals surface area (Å²) < 4.78 is 4.86. The normalized spacial score (nSPS) is 10.5. The van der Waals surface area contributed by atoms with Gasteiger partial charge in [0.25, 0.3) is 0 Å². The summed E-state index contributed by atoms with van der Waals surface area (Å²) >= 11 is 0. The molecule has 168 valence electrons. The highest BCUT2D eigenvalue weighted by Crippen LogP contribution is 2.12. The number of carbonyl (C=O) groups excluding carboxylic acids is 2. The first-order valence-corrected chi connectivity index (χ1v) is 11.3. The summed E-state index contributed by atoms with van der Waals surface area (Å²) in [7, 11) is 0. The van der Waals surface area contributed by atoms with Crippen molar-refractivity contribution in [2.45, 2.75) is 103 Å². The average molecular weight is 412 g/mol. The number of rotatable bonds is 20. The highest BCUT2D eigenvalue weighted by Gasteiger charge is 2.11. The van der Waals surface area contributed by atoms with Crippen LogP contribution in [0.15, 0.2) is 12.2 Å². The van der Waals surface area contributed by atoms with Crippen LogP contribution in [0.25, 0.3) is 0 Å². The van der Waals surface area contributed by atoms with Gasteiger partial charge in [-0.15, -0.1) is 0 Å². The molecule has 0 bridgehead atoms. The van der Waals surface area contributed by atoms with Gasteiger partial charge in [0.2, 0.25) is 5.91 Å². The van der Waals surface area contributed by atoms with Crippen LogP contribution in [-0.2, 0) is 19.1 Å². The third-order valence-corrected chi connectivity index (χ3v) is 4.85. The topological polar surface area (TPSA) is 92.7 Å². The molecule has 0 heterocycles. The van der Waals surface area contributed by atoms with Gasteiger partial charge in [-0.2, -0.15) is 0 Å². The Hall–Kier alpha value is -1.85. The van der Waals surface area contributed by atoms with Crippen LogP contribution >= 0.6 is 0 Å². The molecule has 1 amide bonds. The summed E-state index contributed by atoms with van der Waals surface area (Å²) in [5, 5.41) is 11.3. The van der Waals surface area contributed by atoms with Crippen LogP contribution in [0.4, 0.5) is 0 Å². The molecular weight excluding hydrogens is 370 g/mol. The molecule has 0 radical (unpaired) electrons. The number of aliphatic carboxylic acids is 1. The van der Waals surface area contributed by atoms with Crippen molar-refractivity contribution < 1.29 is 24.2 Å². The summed E-state index contributed by atoms with van der Waals surface area (Å²) in [6.07, 6.45) is 16.7. The zero-order valence-corrected chi connectivity index (χ0v) is 18.3. The fourth-order valence-electron chi connectivity index (χ4n) is 3.05. The standard InChI is InChI=1S/C23H41NO5/c1-3-4-5-6-7-8-9-10-11-12-13-14-15-16-21(25)24-17-18-29-22(26)19-20(2)23(27)28/h2-19H2,1H3,(H,24,25)(H,27,28). The molecule has 6 nitrogen and oxygen atoms in total. The lowest BCUT2D eigenvalue weighted by Gasteiger charge is -2.07. The Balaban J connectivity index is 3.35. The number of esters is 1. The SMILES string of the molecule is C=C(CC(=O)OCCNC(=O)CCCCCCCCCCCCCCC)C(=O)O. The van der Waals surface area contributed by atoms with Gasteiger partial charge in [0.05, 0.1) is 13.0 Å². The molecule has 0 atom stereocenters. The second-order valence-electron chi connectivity index (χ2n) is 7.65. The van der Waals surface area contributed by atoms with Crippen molar-refractivity contribution in [3.63, 3.8) is 0 Å². The summed E-state index contributed by atoms with van der Waals surface area (Å²) in [4.78, 5) is 33.6. The lowest BCUT2D eigenvalue weighted by Crippen LogP contribution is -2.27. The molecule has 0 spiro atoms. The van der Waals surface area contributed by atoms with Gasteiger partial charge in [-0.05, 0) is 6.42 Å². The van der Waals surface area contributed by atoms with E-state index in [0.29, 0.717) is 6.42 Å². The number of nitrogens with one attached hydrogen (secondary N) is 1. The predicted molar refractivity (Wildman–Crippen MR) is 116 cm³/mol. The van der Waals surface area contributed by atoms with E-state index in [2.05, 4.69) is 18.8 Å². The number of amides is 1. The van der Waals surface area contributed by atoms with Gasteiger partial charge in [0.1, 0.15) is 6.61 Å². The zero-order valence-electron chi connectivity index (χ0n) is 18.3. The van der Waals surface area contributed by atoms with E-state index >= 15 is 0 Å². The van der Waals surface area contributed by atoms with E-state index in [1.807, 2.05) is 0 Å². The maximum atomic E-state index is 11.7. The monoisotopic (exact) mass is 411 g/mol. The molecule has 0 rings (SSSR count). The number of hydrogen-bond acceptors (Lipinski definition) is 4. The van der Waals surface area contributed by atoms with Gasteiger partial charge in [-0.25, -0.2) is 4.79 Å². The Bertz CT molecular complexity index is 476.